The van der Waals surface area contributed by atoms with Crippen LogP contribution in [0, 0.1) is 6.92 Å². The zero-order valence-corrected chi connectivity index (χ0v) is 12.3. The molecule has 2 heterocycles. The van der Waals surface area contributed by atoms with Gasteiger partial charge in [-0.05, 0) is 30.7 Å². The van der Waals surface area contributed by atoms with E-state index >= 15 is 0 Å². The van der Waals surface area contributed by atoms with Gasteiger partial charge in [-0.25, -0.2) is 4.79 Å². The van der Waals surface area contributed by atoms with Crippen LogP contribution >= 0.6 is 11.3 Å². The Morgan fingerprint density at radius 1 is 1.45 bits per heavy atom. The fourth-order valence-electron chi connectivity index (χ4n) is 2.04. The predicted molar refractivity (Wildman–Crippen MR) is 76.0 cm³/mol. The minimum atomic E-state index is -0.944. The summed E-state index contributed by atoms with van der Waals surface area (Å²) in [4.78, 5) is 24.4. The van der Waals surface area contributed by atoms with E-state index in [-0.39, 0.29) is 5.91 Å². The summed E-state index contributed by atoms with van der Waals surface area (Å²) in [6.45, 7) is 2.76. The van der Waals surface area contributed by atoms with Gasteiger partial charge in [-0.15, -0.1) is 11.3 Å². The van der Waals surface area contributed by atoms with Crippen molar-refractivity contribution in [2.45, 2.75) is 25.3 Å². The Bertz CT molecular complexity index is 520. The summed E-state index contributed by atoms with van der Waals surface area (Å²) in [5.74, 6) is -0.746. The Labute approximate surface area is 121 Å². The van der Waals surface area contributed by atoms with Crippen molar-refractivity contribution in [1.82, 2.24) is 0 Å². The summed E-state index contributed by atoms with van der Waals surface area (Å²) in [5, 5.41) is 4.57. The summed E-state index contributed by atoms with van der Waals surface area (Å²) in [7, 11) is 1.31. The fourth-order valence-corrected chi connectivity index (χ4v) is 2.97. The lowest BCUT2D eigenvalue weighted by Gasteiger charge is -2.31. The molecule has 0 saturated carbocycles. The van der Waals surface area contributed by atoms with Gasteiger partial charge in [0.25, 0.3) is 0 Å². The Balaban J connectivity index is 2.19. The van der Waals surface area contributed by atoms with Gasteiger partial charge in [0, 0.05) is 13.2 Å². The molecule has 0 unspecified atom stereocenters. The van der Waals surface area contributed by atoms with Crippen molar-refractivity contribution in [1.29, 1.82) is 0 Å². The van der Waals surface area contributed by atoms with E-state index in [9.17, 15) is 9.59 Å². The number of amides is 1. The molecular weight excluding hydrogens is 280 g/mol. The zero-order valence-electron chi connectivity index (χ0n) is 11.5. The number of thiophene rings is 1. The number of anilines is 1. The lowest BCUT2D eigenvalue weighted by Crippen LogP contribution is -2.54. The van der Waals surface area contributed by atoms with Gasteiger partial charge in [-0.2, -0.15) is 0 Å². The maximum absolute atomic E-state index is 12.4. The molecule has 1 aliphatic heterocycles. The molecule has 1 saturated heterocycles. The van der Waals surface area contributed by atoms with E-state index in [2.05, 4.69) is 5.32 Å². The first-order valence-electron chi connectivity index (χ1n) is 6.32. The number of ether oxygens (including phenoxy) is 2. The third kappa shape index (κ3) is 2.84. The van der Waals surface area contributed by atoms with E-state index in [1.807, 2.05) is 6.92 Å². The minimum Gasteiger partial charge on any atom is -0.465 e. The smallest absolute Gasteiger partial charge is 0.350 e. The van der Waals surface area contributed by atoms with E-state index in [1.165, 1.54) is 18.4 Å². The first kappa shape index (κ1) is 15.0. The molecule has 0 radical (unpaired) electrons. The first-order chi connectivity index (χ1) is 9.48. The predicted octanol–water partition coefficient (Wildman–Crippen LogP) is 1.29. The van der Waals surface area contributed by atoms with Crippen LogP contribution in [-0.2, 0) is 14.3 Å². The van der Waals surface area contributed by atoms with E-state index in [4.69, 9.17) is 15.2 Å². The van der Waals surface area contributed by atoms with E-state index in [0.717, 1.165) is 5.56 Å². The van der Waals surface area contributed by atoms with Gasteiger partial charge in [0.1, 0.15) is 10.4 Å². The van der Waals surface area contributed by atoms with E-state index in [0.29, 0.717) is 36.6 Å². The van der Waals surface area contributed by atoms with E-state index in [1.54, 1.807) is 5.38 Å². The Morgan fingerprint density at radius 2 is 2.10 bits per heavy atom. The number of carbonyl (C=O) groups is 2. The van der Waals surface area contributed by atoms with Crippen molar-refractivity contribution >= 4 is 28.9 Å². The number of carbonyl (C=O) groups excluding carboxylic acids is 2. The van der Waals surface area contributed by atoms with Gasteiger partial charge in [0.05, 0.1) is 12.8 Å². The van der Waals surface area contributed by atoms with Crippen molar-refractivity contribution in [2.75, 3.05) is 25.6 Å². The number of hydrogen-bond donors (Lipinski definition) is 2. The van der Waals surface area contributed by atoms with Crippen LogP contribution in [0.4, 0.5) is 5.69 Å². The molecule has 6 nitrogen and oxygen atoms in total. The zero-order chi connectivity index (χ0) is 14.8. The number of methoxy groups -OCH3 is 1. The summed E-state index contributed by atoms with van der Waals surface area (Å²) < 4.78 is 9.93. The number of hydrogen-bond acceptors (Lipinski definition) is 6. The first-order valence-corrected chi connectivity index (χ1v) is 7.20. The number of esters is 1. The molecule has 3 N–H and O–H groups in total. The molecule has 2 rings (SSSR count). The molecule has 110 valence electrons. The van der Waals surface area contributed by atoms with Crippen LogP contribution in [0.5, 0.6) is 0 Å². The Kier molecular flexibility index (Phi) is 4.42. The average Bonchev–Trinajstić information content (AvgIpc) is 2.80. The van der Waals surface area contributed by atoms with Crippen LogP contribution in [0.2, 0.25) is 0 Å². The molecule has 20 heavy (non-hydrogen) atoms. The Morgan fingerprint density at radius 3 is 2.70 bits per heavy atom. The standard InChI is InChI=1S/C13H18N2O4S/c1-8-7-20-10(11(16)18-2)9(8)15-12(17)13(14)3-5-19-6-4-13/h7H,3-6,14H2,1-2H3,(H,15,17). The van der Waals surface area contributed by atoms with Crippen LogP contribution in [-0.4, -0.2) is 37.7 Å². The van der Waals surface area contributed by atoms with Gasteiger partial charge in [-0.3, -0.25) is 4.79 Å². The molecule has 0 aromatic carbocycles. The molecule has 0 spiro atoms. The van der Waals surface area contributed by atoms with Gasteiger partial charge >= 0.3 is 5.97 Å². The highest BCUT2D eigenvalue weighted by Gasteiger charge is 2.36. The maximum Gasteiger partial charge on any atom is 0.350 e. The SMILES string of the molecule is COC(=O)c1scc(C)c1NC(=O)C1(N)CCOCC1. The van der Waals surface area contributed by atoms with Crippen molar-refractivity contribution in [2.24, 2.45) is 5.73 Å². The van der Waals surface area contributed by atoms with Gasteiger partial charge in [0.2, 0.25) is 5.91 Å². The van der Waals surface area contributed by atoms with Crippen molar-refractivity contribution in [3.05, 3.63) is 15.8 Å². The average molecular weight is 298 g/mol. The molecule has 1 aliphatic rings. The largest absolute Gasteiger partial charge is 0.465 e. The molecule has 0 bridgehead atoms. The molecule has 1 amide bonds. The third-order valence-electron chi connectivity index (χ3n) is 3.42. The monoisotopic (exact) mass is 298 g/mol. The third-order valence-corrected chi connectivity index (χ3v) is 4.50. The van der Waals surface area contributed by atoms with E-state index < -0.39 is 11.5 Å². The highest BCUT2D eigenvalue weighted by Crippen LogP contribution is 2.30. The highest BCUT2D eigenvalue weighted by molar-refractivity contribution is 7.12. The van der Waals surface area contributed by atoms with Crippen molar-refractivity contribution in [3.8, 4) is 0 Å². The summed E-state index contributed by atoms with van der Waals surface area (Å²) in [6.07, 6.45) is 0.936. The molecule has 1 aromatic heterocycles. The molecule has 0 atom stereocenters. The minimum absolute atomic E-state index is 0.285. The van der Waals surface area contributed by atoms with Crippen LogP contribution in [0.1, 0.15) is 28.1 Å². The molecule has 0 aliphatic carbocycles. The summed E-state index contributed by atoms with van der Waals surface area (Å²) in [5.41, 5.74) is 6.49. The lowest BCUT2D eigenvalue weighted by molar-refractivity contribution is -0.124. The van der Waals surface area contributed by atoms with Crippen LogP contribution in [0.15, 0.2) is 5.38 Å². The number of aryl methyl sites for hydroxylation is 1. The highest BCUT2D eigenvalue weighted by atomic mass is 32.1. The molecule has 7 heteroatoms. The van der Waals surface area contributed by atoms with Crippen LogP contribution in [0.3, 0.4) is 0 Å². The Hall–Kier alpha value is -1.44. The quantitative estimate of drug-likeness (QED) is 0.821. The van der Waals surface area contributed by atoms with Crippen LogP contribution in [0.25, 0.3) is 0 Å². The molecule has 1 fully saturated rings. The lowest BCUT2D eigenvalue weighted by atomic mass is 9.90. The number of nitrogens with one attached hydrogen (secondary N) is 1. The maximum atomic E-state index is 12.4. The summed E-state index contributed by atoms with van der Waals surface area (Å²) >= 11 is 1.24. The molecular formula is C13H18N2O4S. The van der Waals surface area contributed by atoms with Crippen molar-refractivity contribution < 1.29 is 19.1 Å². The second-order valence-electron chi connectivity index (χ2n) is 4.84. The second kappa shape index (κ2) is 5.90. The van der Waals surface area contributed by atoms with Gasteiger partial charge in [-0.1, -0.05) is 0 Å². The van der Waals surface area contributed by atoms with Crippen LogP contribution < -0.4 is 11.1 Å². The van der Waals surface area contributed by atoms with Crippen molar-refractivity contribution in [3.63, 3.8) is 0 Å². The fraction of sp³-hybridized carbons (Fsp3) is 0.538. The van der Waals surface area contributed by atoms with Gasteiger partial charge < -0.3 is 20.5 Å². The second-order valence-corrected chi connectivity index (χ2v) is 5.72. The normalized spacial score (nSPS) is 17.6. The molecule has 1 aromatic rings. The number of rotatable bonds is 3. The number of nitrogens with two attached hydrogens (primary N) is 1. The van der Waals surface area contributed by atoms with Gasteiger partial charge in [0.15, 0.2) is 0 Å². The summed E-state index contributed by atoms with van der Waals surface area (Å²) in [6, 6.07) is 0. The topological polar surface area (TPSA) is 90.7 Å².